The number of nitrogens with one attached hydrogen (secondary N) is 1. The third-order valence-electron chi connectivity index (χ3n) is 4.09. The second-order valence-electron chi connectivity index (χ2n) is 5.71. The van der Waals surface area contributed by atoms with Crippen LogP contribution in [0.4, 0.5) is 0 Å². The van der Waals surface area contributed by atoms with Gasteiger partial charge < -0.3 is 4.98 Å². The van der Waals surface area contributed by atoms with Crippen molar-refractivity contribution in [3.05, 3.63) is 94.6 Å². The Bertz CT molecular complexity index is 998. The molecule has 0 aliphatic heterocycles. The zero-order valence-electron chi connectivity index (χ0n) is 13.0. The number of fused-ring (bicyclic) bond motifs is 1. The molecule has 116 valence electrons. The lowest BCUT2D eigenvalue weighted by Gasteiger charge is -2.02. The van der Waals surface area contributed by atoms with Gasteiger partial charge in [-0.25, -0.2) is 0 Å². The van der Waals surface area contributed by atoms with Gasteiger partial charge in [-0.1, -0.05) is 82.7 Å². The van der Waals surface area contributed by atoms with E-state index in [4.69, 9.17) is 0 Å². The zero-order valence-corrected chi connectivity index (χ0v) is 14.6. The average Bonchev–Trinajstić information content (AvgIpc) is 2.99. The lowest BCUT2D eigenvalue weighted by Crippen LogP contribution is -1.80. The molecule has 0 radical (unpaired) electrons. The van der Waals surface area contributed by atoms with E-state index in [0.29, 0.717) is 0 Å². The van der Waals surface area contributed by atoms with E-state index in [1.54, 1.807) is 0 Å². The first-order valence-corrected chi connectivity index (χ1v) is 8.70. The molecule has 4 aromatic rings. The Morgan fingerprint density at radius 3 is 2.21 bits per heavy atom. The third kappa shape index (κ3) is 2.93. The maximum Gasteiger partial charge on any atom is 0.0471 e. The van der Waals surface area contributed by atoms with Gasteiger partial charge in [0, 0.05) is 26.6 Å². The van der Waals surface area contributed by atoms with Gasteiger partial charge in [0.05, 0.1) is 0 Å². The van der Waals surface area contributed by atoms with Crippen LogP contribution in [-0.2, 0) is 0 Å². The van der Waals surface area contributed by atoms with Crippen LogP contribution in [0.1, 0.15) is 11.3 Å². The predicted molar refractivity (Wildman–Crippen MR) is 107 cm³/mol. The van der Waals surface area contributed by atoms with Crippen molar-refractivity contribution in [3.63, 3.8) is 0 Å². The molecule has 1 aromatic heterocycles. The highest BCUT2D eigenvalue weighted by molar-refractivity contribution is 9.10. The number of benzene rings is 3. The van der Waals surface area contributed by atoms with Crippen molar-refractivity contribution in [2.75, 3.05) is 0 Å². The van der Waals surface area contributed by atoms with Crippen LogP contribution in [0, 0.1) is 0 Å². The molecule has 0 spiro atoms. The van der Waals surface area contributed by atoms with E-state index in [0.717, 1.165) is 15.7 Å². The molecule has 4 rings (SSSR count). The molecule has 0 aliphatic rings. The standard InChI is InChI=1S/C22H16BrN/c23-18-12-14-20-19(15-18)22(17-9-5-2-6-10-17)21(24-20)13-11-16-7-3-1-4-8-16/h1-15,24H. The molecule has 0 atom stereocenters. The molecular weight excluding hydrogens is 358 g/mol. The van der Waals surface area contributed by atoms with Crippen LogP contribution < -0.4 is 0 Å². The largest absolute Gasteiger partial charge is 0.354 e. The molecule has 0 bridgehead atoms. The van der Waals surface area contributed by atoms with Gasteiger partial charge >= 0.3 is 0 Å². The molecule has 1 heterocycles. The topological polar surface area (TPSA) is 15.8 Å². The summed E-state index contributed by atoms with van der Waals surface area (Å²) in [6.45, 7) is 0. The van der Waals surface area contributed by atoms with Gasteiger partial charge in [-0.15, -0.1) is 0 Å². The number of aromatic amines is 1. The lowest BCUT2D eigenvalue weighted by molar-refractivity contribution is 1.43. The van der Waals surface area contributed by atoms with Gasteiger partial charge in [0.15, 0.2) is 0 Å². The molecule has 0 fully saturated rings. The Kier molecular flexibility index (Phi) is 4.06. The highest BCUT2D eigenvalue weighted by atomic mass is 79.9. The normalized spacial score (nSPS) is 11.4. The van der Waals surface area contributed by atoms with Crippen molar-refractivity contribution < 1.29 is 0 Å². The summed E-state index contributed by atoms with van der Waals surface area (Å²) in [6.07, 6.45) is 4.30. The van der Waals surface area contributed by atoms with Crippen LogP contribution in [0.25, 0.3) is 34.2 Å². The van der Waals surface area contributed by atoms with Gasteiger partial charge in [-0.2, -0.15) is 0 Å². The average molecular weight is 374 g/mol. The van der Waals surface area contributed by atoms with E-state index in [9.17, 15) is 0 Å². The SMILES string of the molecule is Brc1ccc2[nH]c(C=Cc3ccccc3)c(-c3ccccc3)c2c1. The summed E-state index contributed by atoms with van der Waals surface area (Å²) in [5, 5.41) is 1.23. The predicted octanol–water partition coefficient (Wildman–Crippen LogP) is 6.77. The molecule has 1 nitrogen and oxygen atoms in total. The lowest BCUT2D eigenvalue weighted by atomic mass is 10.0. The maximum absolute atomic E-state index is 3.59. The van der Waals surface area contributed by atoms with E-state index in [-0.39, 0.29) is 0 Å². The Balaban J connectivity index is 1.90. The van der Waals surface area contributed by atoms with Crippen molar-refractivity contribution in [2.24, 2.45) is 0 Å². The van der Waals surface area contributed by atoms with E-state index in [1.807, 2.05) is 12.1 Å². The van der Waals surface area contributed by atoms with Crippen LogP contribution in [0.15, 0.2) is 83.3 Å². The van der Waals surface area contributed by atoms with Crippen LogP contribution >= 0.6 is 15.9 Å². The molecule has 1 N–H and O–H groups in total. The van der Waals surface area contributed by atoms with Gasteiger partial charge in [-0.3, -0.25) is 0 Å². The summed E-state index contributed by atoms with van der Waals surface area (Å²) in [6, 6.07) is 27.2. The Hall–Kier alpha value is -2.58. The van der Waals surface area contributed by atoms with Gasteiger partial charge in [0.2, 0.25) is 0 Å². The number of halogens is 1. The fourth-order valence-electron chi connectivity index (χ4n) is 2.97. The van der Waals surface area contributed by atoms with Crippen molar-refractivity contribution in [1.29, 1.82) is 0 Å². The number of aromatic nitrogens is 1. The molecule has 3 aromatic carbocycles. The fraction of sp³-hybridized carbons (Fsp3) is 0. The van der Waals surface area contributed by atoms with Gasteiger partial charge in [0.25, 0.3) is 0 Å². The van der Waals surface area contributed by atoms with Crippen LogP contribution in [0.3, 0.4) is 0 Å². The van der Waals surface area contributed by atoms with Crippen molar-refractivity contribution in [2.45, 2.75) is 0 Å². The summed E-state index contributed by atoms with van der Waals surface area (Å²) < 4.78 is 1.09. The highest BCUT2D eigenvalue weighted by Gasteiger charge is 2.11. The van der Waals surface area contributed by atoms with Crippen molar-refractivity contribution in [3.8, 4) is 11.1 Å². The van der Waals surface area contributed by atoms with E-state index < -0.39 is 0 Å². The summed E-state index contributed by atoms with van der Waals surface area (Å²) in [5.74, 6) is 0. The van der Waals surface area contributed by atoms with Crippen LogP contribution in [-0.4, -0.2) is 4.98 Å². The molecule has 0 saturated heterocycles. The molecule has 0 aliphatic carbocycles. The van der Waals surface area contributed by atoms with Gasteiger partial charge in [-0.05, 0) is 35.4 Å². The Morgan fingerprint density at radius 2 is 1.46 bits per heavy atom. The number of hydrogen-bond acceptors (Lipinski definition) is 0. The molecule has 0 saturated carbocycles. The molecule has 2 heteroatoms. The quantitative estimate of drug-likeness (QED) is 0.407. The first kappa shape index (κ1) is 15.0. The second kappa shape index (κ2) is 6.50. The second-order valence-corrected chi connectivity index (χ2v) is 6.63. The Labute approximate surface area is 149 Å². The number of H-pyrrole nitrogens is 1. The highest BCUT2D eigenvalue weighted by Crippen LogP contribution is 2.35. The fourth-order valence-corrected chi connectivity index (χ4v) is 3.33. The molecule has 0 amide bonds. The zero-order chi connectivity index (χ0) is 16.4. The minimum absolute atomic E-state index is 1.09. The van der Waals surface area contributed by atoms with Gasteiger partial charge in [0.1, 0.15) is 0 Å². The monoisotopic (exact) mass is 373 g/mol. The first-order chi connectivity index (χ1) is 11.8. The number of hydrogen-bond donors (Lipinski definition) is 1. The van der Waals surface area contributed by atoms with Crippen molar-refractivity contribution in [1.82, 2.24) is 4.98 Å². The van der Waals surface area contributed by atoms with E-state index in [1.165, 1.54) is 22.1 Å². The summed E-state index contributed by atoms with van der Waals surface area (Å²) in [5.41, 5.74) is 5.91. The van der Waals surface area contributed by atoms with Crippen LogP contribution in [0.5, 0.6) is 0 Å². The summed E-state index contributed by atoms with van der Waals surface area (Å²) in [7, 11) is 0. The molecular formula is C22H16BrN. The van der Waals surface area contributed by atoms with Crippen LogP contribution in [0.2, 0.25) is 0 Å². The number of rotatable bonds is 3. The molecule has 0 unspecified atom stereocenters. The van der Waals surface area contributed by atoms with E-state index >= 15 is 0 Å². The third-order valence-corrected chi connectivity index (χ3v) is 4.59. The maximum atomic E-state index is 3.59. The smallest absolute Gasteiger partial charge is 0.0471 e. The van der Waals surface area contributed by atoms with Crippen molar-refractivity contribution >= 4 is 39.0 Å². The minimum atomic E-state index is 1.09. The first-order valence-electron chi connectivity index (χ1n) is 7.91. The summed E-state index contributed by atoms with van der Waals surface area (Å²) in [4.78, 5) is 3.55. The molecule has 24 heavy (non-hydrogen) atoms. The summed E-state index contributed by atoms with van der Waals surface area (Å²) >= 11 is 3.59. The minimum Gasteiger partial charge on any atom is -0.354 e. The Morgan fingerprint density at radius 1 is 0.750 bits per heavy atom. The van der Waals surface area contributed by atoms with E-state index in [2.05, 4.69) is 99.8 Å².